The van der Waals surface area contributed by atoms with Gasteiger partial charge in [-0.2, -0.15) is 10.1 Å². The maximum atomic E-state index is 5.99. The molecule has 0 radical (unpaired) electrons. The van der Waals surface area contributed by atoms with Gasteiger partial charge in [-0.3, -0.25) is 5.10 Å². The first-order chi connectivity index (χ1) is 12.6. The van der Waals surface area contributed by atoms with E-state index in [2.05, 4.69) is 45.0 Å². The molecule has 136 valence electrons. The second kappa shape index (κ2) is 6.57. The fourth-order valence-corrected chi connectivity index (χ4v) is 3.79. The van der Waals surface area contributed by atoms with Crippen molar-refractivity contribution < 1.29 is 4.74 Å². The molecule has 4 rings (SSSR count). The molecule has 1 atom stereocenters. The smallest absolute Gasteiger partial charge is 0.222 e. The zero-order valence-electron chi connectivity index (χ0n) is 15.4. The number of hydrogen-bond donors (Lipinski definition) is 2. The highest BCUT2D eigenvalue weighted by Gasteiger charge is 2.34. The van der Waals surface area contributed by atoms with Crippen LogP contribution in [-0.4, -0.2) is 39.4 Å². The van der Waals surface area contributed by atoms with Crippen molar-refractivity contribution in [3.63, 3.8) is 0 Å². The fraction of sp³-hybridized carbons (Fsp3) is 0.421. The van der Waals surface area contributed by atoms with Crippen LogP contribution in [0.15, 0.2) is 23.5 Å². The summed E-state index contributed by atoms with van der Waals surface area (Å²) in [5, 5.41) is 7.24. The SMILES string of the molecule is CC(C)=C1C(c2ccn[nH]2)=Cc2c(C)nc(N)nc2N1[C@@H]1CCCOC1. The first-order valence-electron chi connectivity index (χ1n) is 8.96. The van der Waals surface area contributed by atoms with Crippen LogP contribution in [0.3, 0.4) is 0 Å². The molecule has 2 aliphatic rings. The summed E-state index contributed by atoms with van der Waals surface area (Å²) in [6.45, 7) is 7.71. The first-order valence-corrected chi connectivity index (χ1v) is 8.96. The third-order valence-electron chi connectivity index (χ3n) is 4.91. The Morgan fingerprint density at radius 1 is 1.35 bits per heavy atom. The number of aromatic nitrogens is 4. The van der Waals surface area contributed by atoms with Crippen LogP contribution in [0.25, 0.3) is 11.6 Å². The molecule has 1 saturated heterocycles. The third-order valence-corrected chi connectivity index (χ3v) is 4.91. The minimum absolute atomic E-state index is 0.215. The molecule has 0 bridgehead atoms. The average molecular weight is 352 g/mol. The quantitative estimate of drug-likeness (QED) is 0.863. The Morgan fingerprint density at radius 3 is 2.85 bits per heavy atom. The predicted molar refractivity (Wildman–Crippen MR) is 102 cm³/mol. The van der Waals surface area contributed by atoms with Gasteiger partial charge >= 0.3 is 0 Å². The summed E-state index contributed by atoms with van der Waals surface area (Å²) in [6, 6.07) is 2.20. The van der Waals surface area contributed by atoms with E-state index in [1.807, 2.05) is 13.0 Å². The number of anilines is 2. The molecule has 2 aromatic heterocycles. The Labute approximate surface area is 153 Å². The standard InChI is InChI=1S/C19H24N6O/c1-11(2)17-15(16-6-7-21-24-16)9-14-12(3)22-19(20)23-18(14)25(17)13-5-4-8-26-10-13/h6-7,9,13H,4-5,8,10H2,1-3H3,(H,21,24)(H2,20,22,23)/t13-/m1/s1. The number of fused-ring (bicyclic) bond motifs is 1. The Morgan fingerprint density at radius 2 is 2.19 bits per heavy atom. The number of ether oxygens (including phenoxy) is 1. The monoisotopic (exact) mass is 352 g/mol. The van der Waals surface area contributed by atoms with Gasteiger partial charge in [0, 0.05) is 23.9 Å². The van der Waals surface area contributed by atoms with E-state index in [0.717, 1.165) is 53.5 Å². The van der Waals surface area contributed by atoms with Crippen LogP contribution in [0, 0.1) is 6.92 Å². The van der Waals surface area contributed by atoms with Crippen LogP contribution >= 0.6 is 0 Å². The number of aryl methyl sites for hydroxylation is 1. The first kappa shape index (κ1) is 16.8. The molecule has 26 heavy (non-hydrogen) atoms. The largest absolute Gasteiger partial charge is 0.379 e. The number of H-pyrrole nitrogens is 1. The number of nitrogens with two attached hydrogens (primary N) is 1. The minimum Gasteiger partial charge on any atom is -0.379 e. The second-order valence-corrected chi connectivity index (χ2v) is 7.02. The summed E-state index contributed by atoms with van der Waals surface area (Å²) >= 11 is 0. The van der Waals surface area contributed by atoms with Gasteiger partial charge in [0.25, 0.3) is 0 Å². The molecule has 0 unspecified atom stereocenters. The Hall–Kier alpha value is -2.67. The number of nitrogens with zero attached hydrogens (tertiary/aromatic N) is 4. The molecular weight excluding hydrogens is 328 g/mol. The van der Waals surface area contributed by atoms with Crippen LogP contribution < -0.4 is 10.6 Å². The van der Waals surface area contributed by atoms with E-state index >= 15 is 0 Å². The van der Waals surface area contributed by atoms with E-state index in [9.17, 15) is 0 Å². The lowest BCUT2D eigenvalue weighted by Crippen LogP contribution is -2.43. The highest BCUT2D eigenvalue weighted by Crippen LogP contribution is 2.42. The molecule has 1 fully saturated rings. The maximum absolute atomic E-state index is 5.99. The van der Waals surface area contributed by atoms with Crippen LogP contribution in [0.5, 0.6) is 0 Å². The van der Waals surface area contributed by atoms with E-state index in [0.29, 0.717) is 12.6 Å². The van der Waals surface area contributed by atoms with E-state index in [-0.39, 0.29) is 6.04 Å². The summed E-state index contributed by atoms with van der Waals surface area (Å²) in [4.78, 5) is 11.3. The number of aromatic amines is 1. The van der Waals surface area contributed by atoms with Gasteiger partial charge in [-0.1, -0.05) is 5.57 Å². The number of rotatable bonds is 2. The molecule has 0 saturated carbocycles. The Kier molecular flexibility index (Phi) is 4.24. The second-order valence-electron chi connectivity index (χ2n) is 7.02. The number of nitrogens with one attached hydrogen (secondary N) is 1. The predicted octanol–water partition coefficient (Wildman–Crippen LogP) is 2.92. The zero-order chi connectivity index (χ0) is 18.3. The highest BCUT2D eigenvalue weighted by atomic mass is 16.5. The van der Waals surface area contributed by atoms with Crippen LogP contribution in [0.1, 0.15) is 43.6 Å². The molecule has 0 aliphatic carbocycles. The summed E-state index contributed by atoms with van der Waals surface area (Å²) in [6.07, 6.45) is 6.00. The summed E-state index contributed by atoms with van der Waals surface area (Å²) in [5.41, 5.74) is 12.3. The average Bonchev–Trinajstić information content (AvgIpc) is 3.15. The lowest BCUT2D eigenvalue weighted by Gasteiger charge is -2.41. The van der Waals surface area contributed by atoms with Crippen molar-refractivity contribution >= 4 is 23.4 Å². The minimum atomic E-state index is 0.215. The zero-order valence-corrected chi connectivity index (χ0v) is 15.4. The fourth-order valence-electron chi connectivity index (χ4n) is 3.79. The lowest BCUT2D eigenvalue weighted by atomic mass is 9.93. The van der Waals surface area contributed by atoms with E-state index < -0.39 is 0 Å². The molecule has 0 aromatic carbocycles. The maximum Gasteiger partial charge on any atom is 0.222 e. The van der Waals surface area contributed by atoms with Crippen molar-refractivity contribution in [3.8, 4) is 0 Å². The van der Waals surface area contributed by atoms with E-state index in [1.54, 1.807) is 6.20 Å². The van der Waals surface area contributed by atoms with Crippen molar-refractivity contribution in [2.24, 2.45) is 0 Å². The van der Waals surface area contributed by atoms with Crippen LogP contribution in [0.4, 0.5) is 11.8 Å². The Balaban J connectivity index is 1.97. The normalized spacial score (nSPS) is 20.0. The van der Waals surface area contributed by atoms with E-state index in [4.69, 9.17) is 10.5 Å². The molecule has 4 heterocycles. The molecule has 7 nitrogen and oxygen atoms in total. The molecule has 0 spiro atoms. The molecule has 3 N–H and O–H groups in total. The van der Waals surface area contributed by atoms with Gasteiger partial charge in [0.15, 0.2) is 0 Å². The van der Waals surface area contributed by atoms with Crippen molar-refractivity contribution in [2.75, 3.05) is 23.8 Å². The third kappa shape index (κ3) is 2.78. The molecule has 0 amide bonds. The van der Waals surface area contributed by atoms with Gasteiger partial charge in [-0.25, -0.2) is 4.98 Å². The summed E-state index contributed by atoms with van der Waals surface area (Å²) in [5.74, 6) is 1.17. The topological polar surface area (TPSA) is 93.0 Å². The summed E-state index contributed by atoms with van der Waals surface area (Å²) < 4.78 is 5.79. The van der Waals surface area contributed by atoms with Gasteiger partial charge in [0.2, 0.25) is 5.95 Å². The van der Waals surface area contributed by atoms with Crippen molar-refractivity contribution in [3.05, 3.63) is 40.5 Å². The molecule has 2 aromatic rings. The van der Waals surface area contributed by atoms with Gasteiger partial charge in [0.1, 0.15) is 5.82 Å². The number of nitrogen functional groups attached to an aromatic ring is 1. The van der Waals surface area contributed by atoms with Crippen molar-refractivity contribution in [1.29, 1.82) is 0 Å². The van der Waals surface area contributed by atoms with E-state index in [1.165, 1.54) is 5.57 Å². The van der Waals surface area contributed by atoms with Crippen molar-refractivity contribution in [1.82, 2.24) is 20.2 Å². The number of hydrogen-bond acceptors (Lipinski definition) is 6. The van der Waals surface area contributed by atoms with Crippen molar-refractivity contribution in [2.45, 2.75) is 39.7 Å². The van der Waals surface area contributed by atoms with Gasteiger partial charge in [0.05, 0.1) is 29.7 Å². The highest BCUT2D eigenvalue weighted by molar-refractivity contribution is 5.99. The molecule has 2 aliphatic heterocycles. The van der Waals surface area contributed by atoms with Crippen LogP contribution in [0.2, 0.25) is 0 Å². The summed E-state index contributed by atoms with van der Waals surface area (Å²) in [7, 11) is 0. The Bertz CT molecular complexity index is 874. The van der Waals surface area contributed by atoms with Crippen LogP contribution in [-0.2, 0) is 4.74 Å². The van der Waals surface area contributed by atoms with Gasteiger partial charge in [-0.05, 0) is 45.8 Å². The number of allylic oxidation sites excluding steroid dienone is 2. The molecular formula is C19H24N6O. The molecule has 7 heteroatoms. The van der Waals surface area contributed by atoms with Gasteiger partial charge in [-0.15, -0.1) is 0 Å². The van der Waals surface area contributed by atoms with Gasteiger partial charge < -0.3 is 15.4 Å². The lowest BCUT2D eigenvalue weighted by molar-refractivity contribution is 0.0811.